The van der Waals surface area contributed by atoms with Gasteiger partial charge in [0.15, 0.2) is 0 Å². The van der Waals surface area contributed by atoms with E-state index < -0.39 is 0 Å². The van der Waals surface area contributed by atoms with Crippen LogP contribution in [0.25, 0.3) is 0 Å². The van der Waals surface area contributed by atoms with E-state index in [2.05, 4.69) is 27.7 Å². The molecule has 15 heavy (non-hydrogen) atoms. The summed E-state index contributed by atoms with van der Waals surface area (Å²) in [6, 6.07) is 10.0. The molecule has 0 amide bonds. The van der Waals surface area contributed by atoms with E-state index in [9.17, 15) is 0 Å². The monoisotopic (exact) mass is 304 g/mol. The molecule has 0 aromatic heterocycles. The van der Waals surface area contributed by atoms with Gasteiger partial charge in [-0.1, -0.05) is 26.7 Å². The van der Waals surface area contributed by atoms with Crippen molar-refractivity contribution in [3.63, 3.8) is 0 Å². The summed E-state index contributed by atoms with van der Waals surface area (Å²) in [4.78, 5) is 0. The largest absolute Gasteiger partial charge is 4.00 e. The molecular weight excluding hydrogens is 283 g/mol. The average molecular weight is 306 g/mol. The van der Waals surface area contributed by atoms with Crippen LogP contribution in [0.4, 0.5) is 0 Å². The summed E-state index contributed by atoms with van der Waals surface area (Å²) in [5, 5.41) is 0. The van der Waals surface area contributed by atoms with Crippen LogP contribution in [0.2, 0.25) is 0 Å². The zero-order valence-electron chi connectivity index (χ0n) is 10.0. The Morgan fingerprint density at radius 1 is 0.933 bits per heavy atom. The van der Waals surface area contributed by atoms with E-state index in [-0.39, 0.29) is 38.6 Å². The maximum atomic E-state index is 3.60. The molecule has 0 heterocycles. The number of unbranched alkanes of at least 4 members (excludes halogenated alkanes) is 2. The van der Waals surface area contributed by atoms with Crippen LogP contribution >= 0.6 is 0 Å². The predicted octanol–water partition coefficient (Wildman–Crippen LogP) is 1.65. The third-order valence-electron chi connectivity index (χ3n) is 1.26. The minimum absolute atomic E-state index is 0. The molecule has 0 N–H and O–H groups in total. The quantitative estimate of drug-likeness (QED) is 0.729. The van der Waals surface area contributed by atoms with Crippen molar-refractivity contribution in [2.45, 2.75) is 39.5 Å². The van der Waals surface area contributed by atoms with Gasteiger partial charge in [-0.05, 0) is 0 Å². The summed E-state index contributed by atoms with van der Waals surface area (Å²) in [5.74, 6) is 0. The minimum atomic E-state index is 0. The van der Waals surface area contributed by atoms with Gasteiger partial charge in [0.1, 0.15) is 0 Å². The third kappa shape index (κ3) is 40.2. The van der Waals surface area contributed by atoms with Crippen LogP contribution in [0.3, 0.4) is 0 Å². The molecule has 0 unspecified atom stereocenters. The zero-order valence-corrected chi connectivity index (χ0v) is 13.2. The van der Waals surface area contributed by atoms with Gasteiger partial charge < -0.3 is 26.3 Å². The first kappa shape index (κ1) is 24.7. The Balaban J connectivity index is -0.0000000575. The van der Waals surface area contributed by atoms with Gasteiger partial charge in [-0.15, -0.1) is 0 Å². The van der Waals surface area contributed by atoms with Crippen LogP contribution in [0.5, 0.6) is 0 Å². The molecule has 0 radical (unpaired) electrons. The fourth-order valence-electron chi connectivity index (χ4n) is 0.321. The van der Waals surface area contributed by atoms with Crippen molar-refractivity contribution in [1.82, 2.24) is 0 Å². The maximum Gasteiger partial charge on any atom is 4.00 e. The van der Waals surface area contributed by atoms with E-state index in [4.69, 9.17) is 0 Å². The van der Waals surface area contributed by atoms with E-state index in [0.717, 1.165) is 12.8 Å². The van der Waals surface area contributed by atoms with Crippen molar-refractivity contribution < 1.29 is 38.6 Å². The predicted molar refractivity (Wildman–Crippen MR) is 62.6 cm³/mol. The molecule has 0 aliphatic heterocycles. The Bertz CT molecular complexity index is 102. The molecular formula is C13H23ClZr. The van der Waals surface area contributed by atoms with Crippen LogP contribution < -0.4 is 12.4 Å². The van der Waals surface area contributed by atoms with Crippen molar-refractivity contribution in [1.29, 1.82) is 0 Å². The van der Waals surface area contributed by atoms with Gasteiger partial charge in [0.25, 0.3) is 0 Å². The second kappa shape index (κ2) is 29.3. The van der Waals surface area contributed by atoms with E-state index in [1.54, 1.807) is 0 Å². The molecule has 0 spiro atoms. The molecule has 1 rings (SSSR count). The van der Waals surface area contributed by atoms with Crippen molar-refractivity contribution >= 4 is 0 Å². The number of hydrogen-bond donors (Lipinski definition) is 0. The van der Waals surface area contributed by atoms with Crippen LogP contribution in [0, 0.1) is 13.8 Å². The van der Waals surface area contributed by atoms with Crippen molar-refractivity contribution in [3.05, 3.63) is 44.2 Å². The molecule has 2 heteroatoms. The fourth-order valence-corrected chi connectivity index (χ4v) is 0.321. The summed E-state index contributed by atoms with van der Waals surface area (Å²) in [6.07, 6.45) is 4.56. The summed E-state index contributed by atoms with van der Waals surface area (Å²) in [6.45, 7) is 11.4. The van der Waals surface area contributed by atoms with Gasteiger partial charge in [0, 0.05) is 0 Å². The number of rotatable bonds is 2. The summed E-state index contributed by atoms with van der Waals surface area (Å²) in [7, 11) is 0. The Morgan fingerprint density at radius 2 is 1.20 bits per heavy atom. The normalized spacial score (nSPS) is 6.67. The summed E-state index contributed by atoms with van der Waals surface area (Å²) in [5.41, 5.74) is 0. The van der Waals surface area contributed by atoms with E-state index in [1.165, 1.54) is 12.8 Å². The minimum Gasteiger partial charge on any atom is -1.00 e. The molecule has 0 saturated carbocycles. The first-order valence-corrected chi connectivity index (χ1v) is 5.08. The van der Waals surface area contributed by atoms with E-state index in [0.29, 0.717) is 0 Å². The average Bonchev–Trinajstić information content (AvgIpc) is 2.76. The Kier molecular flexibility index (Phi) is 48.1. The van der Waals surface area contributed by atoms with Gasteiger partial charge in [-0.25, -0.2) is 12.1 Å². The maximum absolute atomic E-state index is 3.60. The topological polar surface area (TPSA) is 0 Å². The molecule has 0 aliphatic rings. The van der Waals surface area contributed by atoms with Crippen LogP contribution in [0.1, 0.15) is 39.5 Å². The summed E-state index contributed by atoms with van der Waals surface area (Å²) >= 11 is 0. The number of hydrogen-bond acceptors (Lipinski definition) is 0. The molecule has 0 atom stereocenters. The van der Waals surface area contributed by atoms with Crippen molar-refractivity contribution in [3.8, 4) is 0 Å². The molecule has 0 fully saturated rings. The molecule has 0 nitrogen and oxygen atoms in total. The van der Waals surface area contributed by atoms with Crippen LogP contribution in [-0.2, 0) is 26.2 Å². The third-order valence-corrected chi connectivity index (χ3v) is 1.26. The first-order valence-electron chi connectivity index (χ1n) is 5.08. The van der Waals surface area contributed by atoms with Crippen molar-refractivity contribution in [2.75, 3.05) is 0 Å². The van der Waals surface area contributed by atoms with Crippen LogP contribution in [-0.4, -0.2) is 0 Å². The smallest absolute Gasteiger partial charge is 1.00 e. The molecule has 1 aromatic carbocycles. The van der Waals surface area contributed by atoms with Gasteiger partial charge >= 0.3 is 26.2 Å². The Morgan fingerprint density at radius 3 is 1.27 bits per heavy atom. The summed E-state index contributed by atoms with van der Waals surface area (Å²) < 4.78 is 0. The fraction of sp³-hybridized carbons (Fsp3) is 0.462. The number of halogens is 1. The van der Waals surface area contributed by atoms with Gasteiger partial charge in [0.05, 0.1) is 0 Å². The van der Waals surface area contributed by atoms with Crippen LogP contribution in [0.15, 0.2) is 30.3 Å². The molecule has 0 saturated heterocycles. The molecule has 86 valence electrons. The van der Waals surface area contributed by atoms with Gasteiger partial charge in [-0.2, -0.15) is 31.0 Å². The Hall–Kier alpha value is 0.523. The van der Waals surface area contributed by atoms with E-state index in [1.807, 2.05) is 30.3 Å². The standard InChI is InChI=1S/C5H5.2C4H9.ClH.Zr/c1-2-4-5-3-1;2*1-3-4-2;;/h1-5H;2*1,3-4H2,2H3;1H;/q3*-1;;+4/p-1. The molecule has 0 aliphatic carbocycles. The SMILES string of the molecule is [CH2-]CCC.[CH2-]CCC.[Cl-].[Zr+4].c1cc[cH-]c1. The second-order valence-corrected chi connectivity index (χ2v) is 2.67. The second-order valence-electron chi connectivity index (χ2n) is 2.67. The molecule has 0 bridgehead atoms. The van der Waals surface area contributed by atoms with Gasteiger partial charge in [0.2, 0.25) is 0 Å². The Labute approximate surface area is 122 Å². The van der Waals surface area contributed by atoms with Crippen molar-refractivity contribution in [2.24, 2.45) is 0 Å². The van der Waals surface area contributed by atoms with Gasteiger partial charge in [-0.3, -0.25) is 0 Å². The van der Waals surface area contributed by atoms with E-state index >= 15 is 0 Å². The first-order chi connectivity index (χ1) is 6.33. The zero-order chi connectivity index (χ0) is 10.4. The molecule has 1 aromatic rings.